The summed E-state index contributed by atoms with van der Waals surface area (Å²) in [4.78, 5) is 76.6. The Labute approximate surface area is 553 Å². The Bertz CT molecular complexity index is 4060. The third kappa shape index (κ3) is 15.5. The van der Waals surface area contributed by atoms with Crippen LogP contribution in [0, 0.1) is 11.6 Å². The number of fused-ring (bicyclic) bond motifs is 4. The van der Waals surface area contributed by atoms with Gasteiger partial charge in [-0.15, -0.1) is 23.2 Å². The summed E-state index contributed by atoms with van der Waals surface area (Å²) in [6.07, 6.45) is 3.08. The zero-order valence-corrected chi connectivity index (χ0v) is 55.7. The molecule has 494 valence electrons. The molecular formula is C68H72Cl2F2N8O12P2. The van der Waals surface area contributed by atoms with E-state index < -0.39 is 27.2 Å². The Balaban J connectivity index is 0.000000205. The van der Waals surface area contributed by atoms with Crippen molar-refractivity contribution in [1.29, 1.82) is 0 Å². The highest BCUT2D eigenvalue weighted by Crippen LogP contribution is 2.48. The van der Waals surface area contributed by atoms with E-state index in [2.05, 4.69) is 14.8 Å². The molecule has 0 radical (unpaired) electrons. The fourth-order valence-electron chi connectivity index (χ4n) is 12.2. The first-order valence-electron chi connectivity index (χ1n) is 30.4. The smallest absolute Gasteiger partial charge is 0.331 e. The van der Waals surface area contributed by atoms with Gasteiger partial charge in [-0.2, -0.15) is 0 Å². The SMILES string of the molecule is COP(=O)(CCN1CCN(C(=O)c2c3c(c(O)c4ncccc24)C(=O)N(Cc2ccc(F)cc2)C3)CC1)OC.COP(=O)(CCN1CCN(C(=O)c2c3c(c(OC(c4ccccc4)c4ccccc4)c4ncccc24)C(=O)N(Cc2ccc(F)cc2)C3)CC1)OC.ClCCl. The molecule has 1 N–H and O–H groups in total. The molecule has 4 aliphatic heterocycles. The van der Waals surface area contributed by atoms with Crippen molar-refractivity contribution >= 4 is 83.8 Å². The number of hydrogen-bond donors (Lipinski definition) is 1. The van der Waals surface area contributed by atoms with E-state index in [-0.39, 0.29) is 90.0 Å². The molecule has 6 heterocycles. The van der Waals surface area contributed by atoms with Gasteiger partial charge in [0.15, 0.2) is 11.5 Å². The minimum Gasteiger partial charge on any atom is -0.505 e. The van der Waals surface area contributed by atoms with E-state index in [4.69, 9.17) is 51.0 Å². The number of ether oxygens (including phenoxy) is 1. The number of nitrogens with zero attached hydrogens (tertiary/aromatic N) is 8. The number of carbonyl (C=O) groups is 4. The van der Waals surface area contributed by atoms with Gasteiger partial charge in [0.05, 0.1) is 39.9 Å². The number of amides is 4. The summed E-state index contributed by atoms with van der Waals surface area (Å²) in [7, 11) is -0.793. The molecule has 0 bridgehead atoms. The number of hydrogen-bond acceptors (Lipinski definition) is 16. The van der Waals surface area contributed by atoms with Crippen LogP contribution in [0.4, 0.5) is 8.78 Å². The average Bonchev–Trinajstić information content (AvgIpc) is 1.49. The predicted octanol–water partition coefficient (Wildman–Crippen LogP) is 11.8. The number of pyridine rings is 2. The van der Waals surface area contributed by atoms with Gasteiger partial charge >= 0.3 is 15.2 Å². The van der Waals surface area contributed by atoms with Crippen molar-refractivity contribution in [2.45, 2.75) is 32.3 Å². The van der Waals surface area contributed by atoms with Gasteiger partial charge in [-0.25, -0.2) is 8.78 Å². The minimum absolute atomic E-state index is 0.0835. The van der Waals surface area contributed by atoms with Crippen molar-refractivity contribution in [3.63, 3.8) is 0 Å². The first kappa shape index (κ1) is 69.1. The number of alkyl halides is 2. The second-order valence-electron chi connectivity index (χ2n) is 22.6. The molecule has 0 saturated carbocycles. The van der Waals surface area contributed by atoms with Crippen LogP contribution >= 0.6 is 38.4 Å². The van der Waals surface area contributed by atoms with Crippen molar-refractivity contribution in [2.75, 3.05) is 112 Å². The maximum absolute atomic E-state index is 14.7. The maximum Gasteiger partial charge on any atom is 0.331 e. The van der Waals surface area contributed by atoms with E-state index in [1.54, 1.807) is 63.4 Å². The molecule has 8 aromatic rings. The Morgan fingerprint density at radius 2 is 0.926 bits per heavy atom. The fourth-order valence-corrected chi connectivity index (χ4v) is 14.3. The summed E-state index contributed by atoms with van der Waals surface area (Å²) >= 11 is 9.53. The van der Waals surface area contributed by atoms with Crippen LogP contribution in [0.5, 0.6) is 11.5 Å². The first-order chi connectivity index (χ1) is 45.4. The molecule has 0 spiro atoms. The van der Waals surface area contributed by atoms with Gasteiger partial charge in [-0.05, 0) is 58.7 Å². The van der Waals surface area contributed by atoms with Crippen LogP contribution in [0.15, 0.2) is 146 Å². The lowest BCUT2D eigenvalue weighted by Crippen LogP contribution is -2.49. The van der Waals surface area contributed by atoms with Crippen LogP contribution in [-0.4, -0.2) is 180 Å². The van der Waals surface area contributed by atoms with Crippen LogP contribution in [0.25, 0.3) is 21.8 Å². The molecule has 26 heteroatoms. The number of rotatable bonds is 20. The van der Waals surface area contributed by atoms with Gasteiger partial charge in [0.25, 0.3) is 23.6 Å². The molecular weight excluding hydrogens is 1290 g/mol. The highest BCUT2D eigenvalue weighted by atomic mass is 35.5. The van der Waals surface area contributed by atoms with Crippen LogP contribution in [0.2, 0.25) is 0 Å². The van der Waals surface area contributed by atoms with E-state index in [0.29, 0.717) is 115 Å². The second kappa shape index (κ2) is 31.2. The molecule has 4 aliphatic rings. The van der Waals surface area contributed by atoms with Gasteiger partial charge in [0.1, 0.15) is 28.8 Å². The maximum atomic E-state index is 14.7. The van der Waals surface area contributed by atoms with Crippen molar-refractivity contribution in [3.8, 4) is 11.5 Å². The van der Waals surface area contributed by atoms with Gasteiger partial charge < -0.3 is 47.5 Å². The zero-order valence-electron chi connectivity index (χ0n) is 52.4. The van der Waals surface area contributed by atoms with E-state index >= 15 is 0 Å². The topological polar surface area (TPSA) is 214 Å². The van der Waals surface area contributed by atoms with Crippen molar-refractivity contribution in [2.24, 2.45) is 0 Å². The lowest BCUT2D eigenvalue weighted by atomic mass is 9.94. The Morgan fingerprint density at radius 1 is 0.543 bits per heavy atom. The first-order valence-corrected chi connectivity index (χ1v) is 34.9. The van der Waals surface area contributed by atoms with Crippen molar-refractivity contribution in [3.05, 3.63) is 213 Å². The Kier molecular flexibility index (Phi) is 23.0. The molecule has 2 saturated heterocycles. The molecule has 2 fully saturated rings. The van der Waals surface area contributed by atoms with Gasteiger partial charge in [0.2, 0.25) is 0 Å². The van der Waals surface area contributed by atoms with E-state index in [9.17, 15) is 42.2 Å². The Morgan fingerprint density at radius 3 is 1.34 bits per heavy atom. The molecule has 6 aromatic carbocycles. The molecule has 0 aliphatic carbocycles. The molecule has 20 nitrogen and oxygen atoms in total. The quantitative estimate of drug-likeness (QED) is 0.0555. The summed E-state index contributed by atoms with van der Waals surface area (Å²) in [6.45, 7) is 5.79. The van der Waals surface area contributed by atoms with Crippen LogP contribution < -0.4 is 4.74 Å². The zero-order chi connectivity index (χ0) is 66.7. The number of piperazine rings is 2. The number of aromatic hydroxyl groups is 1. The molecule has 4 amide bonds. The van der Waals surface area contributed by atoms with Gasteiger partial charge in [0, 0.05) is 154 Å². The number of phenols is 1. The van der Waals surface area contributed by atoms with Crippen LogP contribution in [-0.2, 0) is 53.4 Å². The molecule has 0 atom stereocenters. The minimum atomic E-state index is -3.16. The lowest BCUT2D eigenvalue weighted by molar-refractivity contribution is 0.0636. The van der Waals surface area contributed by atoms with E-state index in [1.165, 1.54) is 63.8 Å². The fraction of sp³-hybridized carbons (Fsp3) is 0.324. The average molecular weight is 1360 g/mol. The third-order valence-corrected chi connectivity index (χ3v) is 20.9. The van der Waals surface area contributed by atoms with E-state index in [0.717, 1.165) is 22.3 Å². The predicted molar refractivity (Wildman–Crippen MR) is 355 cm³/mol. The number of carbonyl (C=O) groups excluding carboxylic acids is 4. The van der Waals surface area contributed by atoms with Crippen LogP contribution in [0.3, 0.4) is 0 Å². The van der Waals surface area contributed by atoms with Gasteiger partial charge in [-0.1, -0.05) is 97.1 Å². The second-order valence-corrected chi connectivity index (χ2v) is 28.2. The summed E-state index contributed by atoms with van der Waals surface area (Å²) < 4.78 is 79.4. The molecule has 94 heavy (non-hydrogen) atoms. The number of halogens is 4. The van der Waals surface area contributed by atoms with Crippen molar-refractivity contribution in [1.82, 2.24) is 39.4 Å². The summed E-state index contributed by atoms with van der Waals surface area (Å²) in [5.74, 6) is -1.78. The molecule has 12 rings (SSSR count). The van der Waals surface area contributed by atoms with Crippen LogP contribution in [0.1, 0.15) is 80.9 Å². The third-order valence-electron chi connectivity index (χ3n) is 17.2. The molecule has 2 aromatic heterocycles. The number of benzene rings is 6. The normalized spacial score (nSPS) is 15.2. The molecule has 0 unspecified atom stereocenters. The number of phenolic OH excluding ortho intramolecular Hbond substituents is 1. The van der Waals surface area contributed by atoms with Crippen molar-refractivity contribution < 1.29 is 65.0 Å². The monoisotopic (exact) mass is 1360 g/mol. The Hall–Kier alpha value is -7.72. The van der Waals surface area contributed by atoms with E-state index in [1.807, 2.05) is 66.7 Å². The largest absolute Gasteiger partial charge is 0.505 e. The lowest BCUT2D eigenvalue weighted by Gasteiger charge is -2.35. The summed E-state index contributed by atoms with van der Waals surface area (Å²) in [6, 6.07) is 38.6. The van der Waals surface area contributed by atoms with Gasteiger partial charge in [-0.3, -0.25) is 48.1 Å². The highest BCUT2D eigenvalue weighted by molar-refractivity contribution is 7.54. The summed E-state index contributed by atoms with van der Waals surface area (Å²) in [5, 5.41) is 12.3. The summed E-state index contributed by atoms with van der Waals surface area (Å²) in [5.41, 5.74) is 6.12. The standard InChI is InChI=1S/C40H40FN4O6P.C27H30FN4O6P.CH2Cl2/c1-49-52(48,50-2)25-24-43-20-22-44(23-21-43)39(46)34-32-14-9-19-42-36(32)38(51-37(29-10-5-3-6-11-29)30-12-7-4-8-13-30)35-33(34)27-45(40(35)47)26-28-15-17-31(41)18-16-28;1-37-39(36,38-2)15-14-30-10-12-31(13-11-30)26(34)22-20-4-3-9-29-24(20)25(33)23-21(22)17-32(27(23)35)16-18-5-7-19(28)8-6-18;2-1-3/h3-19,37H,20-27H2,1-2H3;3-9,33H,10-17H2,1-2H3;1H2. The number of aromatic nitrogens is 2. The highest BCUT2D eigenvalue weighted by Gasteiger charge is 2.41.